The van der Waals surface area contributed by atoms with E-state index in [4.69, 9.17) is 0 Å². The second kappa shape index (κ2) is 9.35. The lowest BCUT2D eigenvalue weighted by molar-refractivity contribution is -0.145. The fourth-order valence-corrected chi connectivity index (χ4v) is 3.70. The number of aliphatic carboxylic acids is 1. The van der Waals surface area contributed by atoms with Crippen LogP contribution in [-0.2, 0) is 9.59 Å². The molecule has 3 rings (SSSR count). The van der Waals surface area contributed by atoms with Crippen molar-refractivity contribution in [2.24, 2.45) is 5.92 Å². The number of hydrogen-bond acceptors (Lipinski definition) is 5. The van der Waals surface area contributed by atoms with Gasteiger partial charge in [0.2, 0.25) is 5.91 Å². The number of rotatable bonds is 8. The maximum atomic E-state index is 13.0. The molecule has 170 valence electrons. The summed E-state index contributed by atoms with van der Waals surface area (Å²) in [6, 6.07) is 6.94. The van der Waals surface area contributed by atoms with Crippen LogP contribution in [0.1, 0.15) is 43.4 Å². The number of fused-ring (bicyclic) bond motifs is 3. The standard InChI is InChI=1S/C23H28N4O5/c1-11(2)9-17(22(30)27-20(13(4)28)23(31)32)26-21(29)18-10-15-14-7-5-6-8-16(14)25-19(15)12(3)24-18/h5-8,10-11,13,17,20,25,28H,9H2,1-4H3,(H,26,29)(H,27,30)(H,31,32). The third-order valence-corrected chi connectivity index (χ3v) is 5.29. The molecule has 0 aliphatic carbocycles. The maximum absolute atomic E-state index is 13.0. The molecule has 2 amide bonds. The van der Waals surface area contributed by atoms with Gasteiger partial charge in [-0.3, -0.25) is 9.59 Å². The van der Waals surface area contributed by atoms with Crippen LogP contribution in [0.3, 0.4) is 0 Å². The van der Waals surface area contributed by atoms with E-state index in [2.05, 4.69) is 20.6 Å². The molecule has 32 heavy (non-hydrogen) atoms. The van der Waals surface area contributed by atoms with Crippen molar-refractivity contribution in [1.29, 1.82) is 0 Å². The summed E-state index contributed by atoms with van der Waals surface area (Å²) in [6.07, 6.45) is -1.00. The fraction of sp³-hybridized carbons (Fsp3) is 0.391. The monoisotopic (exact) mass is 440 g/mol. The van der Waals surface area contributed by atoms with Gasteiger partial charge in [0.15, 0.2) is 6.04 Å². The van der Waals surface area contributed by atoms with E-state index in [0.717, 1.165) is 21.8 Å². The Morgan fingerprint density at radius 1 is 1.09 bits per heavy atom. The van der Waals surface area contributed by atoms with Gasteiger partial charge in [0.05, 0.1) is 17.3 Å². The normalized spacial score (nSPS) is 14.3. The summed E-state index contributed by atoms with van der Waals surface area (Å²) in [6.45, 7) is 6.84. The fourth-order valence-electron chi connectivity index (χ4n) is 3.70. The first-order chi connectivity index (χ1) is 15.1. The number of aliphatic hydroxyl groups excluding tert-OH is 1. The van der Waals surface area contributed by atoms with Crippen molar-refractivity contribution in [2.45, 2.75) is 52.3 Å². The van der Waals surface area contributed by atoms with Crippen molar-refractivity contribution >= 4 is 39.6 Å². The molecule has 1 aromatic carbocycles. The molecule has 3 aromatic rings. The van der Waals surface area contributed by atoms with Gasteiger partial charge in [-0.15, -0.1) is 0 Å². The topological polar surface area (TPSA) is 144 Å². The number of amides is 2. The molecule has 0 aliphatic heterocycles. The van der Waals surface area contributed by atoms with Crippen LogP contribution in [0.2, 0.25) is 0 Å². The van der Waals surface area contributed by atoms with E-state index in [1.54, 1.807) is 13.0 Å². The predicted octanol–water partition coefficient (Wildman–Crippen LogP) is 2.12. The van der Waals surface area contributed by atoms with Crippen LogP contribution in [0, 0.1) is 12.8 Å². The molecule has 0 aliphatic rings. The van der Waals surface area contributed by atoms with Gasteiger partial charge in [0.25, 0.3) is 5.91 Å². The molecule has 3 unspecified atom stereocenters. The highest BCUT2D eigenvalue weighted by Crippen LogP contribution is 2.27. The van der Waals surface area contributed by atoms with Crippen LogP contribution >= 0.6 is 0 Å². The Morgan fingerprint density at radius 2 is 1.78 bits per heavy atom. The number of aromatic nitrogens is 2. The maximum Gasteiger partial charge on any atom is 0.328 e. The summed E-state index contributed by atoms with van der Waals surface area (Å²) in [7, 11) is 0. The smallest absolute Gasteiger partial charge is 0.328 e. The zero-order valence-electron chi connectivity index (χ0n) is 18.5. The number of hydrogen-bond donors (Lipinski definition) is 5. The van der Waals surface area contributed by atoms with Crippen LogP contribution in [0.25, 0.3) is 21.8 Å². The predicted molar refractivity (Wildman–Crippen MR) is 120 cm³/mol. The lowest BCUT2D eigenvalue weighted by Gasteiger charge is -2.23. The number of aromatic amines is 1. The second-order valence-corrected chi connectivity index (χ2v) is 8.41. The number of nitrogens with one attached hydrogen (secondary N) is 3. The van der Waals surface area contributed by atoms with E-state index in [9.17, 15) is 24.6 Å². The minimum absolute atomic E-state index is 0.0478. The average Bonchev–Trinajstić information content (AvgIpc) is 3.10. The number of H-pyrrole nitrogens is 1. The van der Waals surface area contributed by atoms with Crippen LogP contribution in [-0.4, -0.2) is 56.2 Å². The number of carbonyl (C=O) groups excluding carboxylic acids is 2. The first-order valence-electron chi connectivity index (χ1n) is 10.5. The van der Waals surface area contributed by atoms with Crippen LogP contribution in [0.4, 0.5) is 0 Å². The number of aliphatic hydroxyl groups is 1. The van der Waals surface area contributed by atoms with Crippen molar-refractivity contribution in [1.82, 2.24) is 20.6 Å². The Hall–Kier alpha value is -3.46. The largest absolute Gasteiger partial charge is 0.480 e. The van der Waals surface area contributed by atoms with E-state index in [0.29, 0.717) is 5.69 Å². The van der Waals surface area contributed by atoms with E-state index < -0.39 is 36.0 Å². The van der Waals surface area contributed by atoms with Crippen molar-refractivity contribution in [3.63, 3.8) is 0 Å². The summed E-state index contributed by atoms with van der Waals surface area (Å²) in [4.78, 5) is 44.8. The number of benzene rings is 1. The number of carboxylic acid groups (broad SMARTS) is 1. The Morgan fingerprint density at radius 3 is 2.41 bits per heavy atom. The van der Waals surface area contributed by atoms with Gasteiger partial charge in [0.1, 0.15) is 11.7 Å². The molecule has 0 spiro atoms. The van der Waals surface area contributed by atoms with E-state index in [1.807, 2.05) is 38.1 Å². The van der Waals surface area contributed by atoms with Crippen molar-refractivity contribution in [3.8, 4) is 0 Å². The Bertz CT molecular complexity index is 1170. The lowest BCUT2D eigenvalue weighted by Crippen LogP contribution is -2.55. The third kappa shape index (κ3) is 4.88. The highest BCUT2D eigenvalue weighted by atomic mass is 16.4. The molecule has 0 saturated heterocycles. The molecule has 0 saturated carbocycles. The molecule has 0 bridgehead atoms. The number of pyridine rings is 1. The zero-order chi connectivity index (χ0) is 23.6. The van der Waals surface area contributed by atoms with Crippen molar-refractivity contribution in [2.75, 3.05) is 0 Å². The minimum Gasteiger partial charge on any atom is -0.480 e. The molecular formula is C23H28N4O5. The molecule has 2 heterocycles. The number of carbonyl (C=O) groups is 3. The summed E-state index contributed by atoms with van der Waals surface area (Å²) in [5, 5.41) is 25.7. The molecule has 2 aromatic heterocycles. The molecular weight excluding hydrogens is 412 g/mol. The van der Waals surface area contributed by atoms with Gasteiger partial charge in [-0.05, 0) is 38.3 Å². The van der Waals surface area contributed by atoms with Gasteiger partial charge in [-0.2, -0.15) is 0 Å². The molecule has 0 fully saturated rings. The molecule has 5 N–H and O–H groups in total. The first kappa shape index (κ1) is 23.2. The van der Waals surface area contributed by atoms with Crippen LogP contribution in [0.15, 0.2) is 30.3 Å². The van der Waals surface area contributed by atoms with Crippen LogP contribution < -0.4 is 10.6 Å². The Labute approximate surface area is 185 Å². The molecule has 3 atom stereocenters. The van der Waals surface area contributed by atoms with Crippen molar-refractivity contribution < 1.29 is 24.6 Å². The van der Waals surface area contributed by atoms with E-state index in [-0.39, 0.29) is 18.0 Å². The Balaban J connectivity index is 1.89. The number of para-hydroxylation sites is 1. The molecule has 0 radical (unpaired) electrons. The van der Waals surface area contributed by atoms with Gasteiger partial charge in [-0.1, -0.05) is 32.0 Å². The highest BCUT2D eigenvalue weighted by molar-refractivity contribution is 6.10. The first-order valence-corrected chi connectivity index (χ1v) is 10.5. The molecule has 9 heteroatoms. The summed E-state index contributed by atoms with van der Waals surface area (Å²) in [5.74, 6) is -2.52. The summed E-state index contributed by atoms with van der Waals surface area (Å²) in [5.41, 5.74) is 2.57. The molecule has 9 nitrogen and oxygen atoms in total. The minimum atomic E-state index is -1.47. The number of aryl methyl sites for hydroxylation is 1. The average molecular weight is 441 g/mol. The number of carboxylic acids is 1. The van der Waals surface area contributed by atoms with Gasteiger partial charge in [0, 0.05) is 16.3 Å². The number of nitrogens with zero attached hydrogens (tertiary/aromatic N) is 1. The van der Waals surface area contributed by atoms with Gasteiger partial charge < -0.3 is 25.8 Å². The lowest BCUT2D eigenvalue weighted by atomic mass is 10.0. The third-order valence-electron chi connectivity index (χ3n) is 5.29. The SMILES string of the molecule is Cc1nc(C(=O)NC(CC(C)C)C(=O)NC(C(=O)O)C(C)O)cc2c1[nH]c1ccccc12. The Kier molecular flexibility index (Phi) is 6.78. The summed E-state index contributed by atoms with van der Waals surface area (Å²) >= 11 is 0. The van der Waals surface area contributed by atoms with Crippen molar-refractivity contribution in [3.05, 3.63) is 41.7 Å². The highest BCUT2D eigenvalue weighted by Gasteiger charge is 2.30. The summed E-state index contributed by atoms with van der Waals surface area (Å²) < 4.78 is 0. The quantitative estimate of drug-likeness (QED) is 0.363. The van der Waals surface area contributed by atoms with E-state index >= 15 is 0 Å². The van der Waals surface area contributed by atoms with E-state index in [1.165, 1.54) is 6.92 Å². The van der Waals surface area contributed by atoms with Gasteiger partial charge in [-0.25, -0.2) is 9.78 Å². The van der Waals surface area contributed by atoms with Gasteiger partial charge >= 0.3 is 5.97 Å². The van der Waals surface area contributed by atoms with Crippen LogP contribution in [0.5, 0.6) is 0 Å². The zero-order valence-corrected chi connectivity index (χ0v) is 18.5. The second-order valence-electron chi connectivity index (χ2n) is 8.41.